The van der Waals surface area contributed by atoms with Gasteiger partial charge in [-0.25, -0.2) is 29.3 Å². The zero-order valence-corrected chi connectivity index (χ0v) is 30.8. The lowest BCUT2D eigenvalue weighted by Crippen LogP contribution is -2.49. The van der Waals surface area contributed by atoms with Gasteiger partial charge in [0.25, 0.3) is 5.96 Å². The number of hydrogen-bond acceptors (Lipinski definition) is 7. The van der Waals surface area contributed by atoms with Gasteiger partial charge in [0.2, 0.25) is 11.8 Å². The third-order valence-electron chi connectivity index (χ3n) is 9.37. The number of nitrogens with zero attached hydrogens (tertiary/aromatic N) is 6. The van der Waals surface area contributed by atoms with Gasteiger partial charge in [0.15, 0.2) is 5.03 Å². The predicted octanol–water partition coefficient (Wildman–Crippen LogP) is 3.73. The highest BCUT2D eigenvalue weighted by molar-refractivity contribution is 5.92. The molecular formula is C42H41N9O6. The molecule has 0 unspecified atom stereocenters. The maximum atomic E-state index is 14.8. The summed E-state index contributed by atoms with van der Waals surface area (Å²) in [6, 6.07) is 42.2. The maximum absolute atomic E-state index is 14.8. The molecular weight excluding hydrogens is 727 g/mol. The molecule has 0 fully saturated rings. The van der Waals surface area contributed by atoms with Crippen LogP contribution < -0.4 is 28.3 Å². The zero-order valence-electron chi connectivity index (χ0n) is 30.8. The van der Waals surface area contributed by atoms with Crippen LogP contribution in [0.3, 0.4) is 0 Å². The first-order valence-electron chi connectivity index (χ1n) is 18.2. The second-order valence-electron chi connectivity index (χ2n) is 13.2. The van der Waals surface area contributed by atoms with Crippen LogP contribution in [-0.4, -0.2) is 54.2 Å². The molecule has 1 heterocycles. The number of rotatable bonds is 16. The van der Waals surface area contributed by atoms with Crippen molar-refractivity contribution in [3.05, 3.63) is 199 Å². The molecule has 6 aromatic rings. The summed E-state index contributed by atoms with van der Waals surface area (Å²) >= 11 is 0. The lowest BCUT2D eigenvalue weighted by molar-refractivity contribution is -0.525. The first-order valence-corrected chi connectivity index (χ1v) is 18.2. The summed E-state index contributed by atoms with van der Waals surface area (Å²) in [4.78, 5) is 71.9. The number of para-hydroxylation sites is 2. The van der Waals surface area contributed by atoms with E-state index in [2.05, 4.69) is 4.99 Å². The number of nitrogens with two attached hydrogens (primary N) is 2. The Labute approximate surface area is 327 Å². The number of benzene rings is 5. The van der Waals surface area contributed by atoms with Crippen LogP contribution in [0.5, 0.6) is 0 Å². The number of hydrogen-bond donors (Lipinski definition) is 3. The largest absolute Gasteiger partial charge is 0.368 e. The van der Waals surface area contributed by atoms with Crippen LogP contribution in [0.25, 0.3) is 11.4 Å². The number of amides is 2. The standard InChI is InChI=1S/C42H41N9O6/c43-38(52)36(22-13-27-45-40(44)46-51(56)57)47(39(53)37(32-14-5-1-6-15-32)33-16-7-2-8-17-33)28-30-23-25-31(26-24-30)29-48-41(54)49(34-18-9-3-10-19-34)50(42(48)55)35-20-11-4-12-21-35/h1-12,14-21,23-26,36-37H,13,22,27-29H2,(H2,43,52)(H3,44,45,46)/t36-/m0/s1. The van der Waals surface area contributed by atoms with Crippen molar-refractivity contribution < 1.29 is 14.6 Å². The maximum Gasteiger partial charge on any atom is 0.352 e. The molecule has 6 rings (SSSR count). The van der Waals surface area contributed by atoms with Crippen molar-refractivity contribution in [2.24, 2.45) is 16.5 Å². The summed E-state index contributed by atoms with van der Waals surface area (Å²) in [5.74, 6) is -2.28. The third kappa shape index (κ3) is 9.40. The van der Waals surface area contributed by atoms with E-state index in [1.54, 1.807) is 78.2 Å². The molecule has 0 aliphatic rings. The number of hydrazine groups is 1. The molecule has 0 aliphatic heterocycles. The van der Waals surface area contributed by atoms with Gasteiger partial charge in [0, 0.05) is 13.1 Å². The van der Waals surface area contributed by atoms with E-state index in [-0.39, 0.29) is 38.4 Å². The van der Waals surface area contributed by atoms with Gasteiger partial charge in [-0.2, -0.15) is 9.36 Å². The molecule has 0 spiro atoms. The highest BCUT2D eigenvalue weighted by Crippen LogP contribution is 2.29. The lowest BCUT2D eigenvalue weighted by Gasteiger charge is -2.33. The van der Waals surface area contributed by atoms with E-state index in [4.69, 9.17) is 11.5 Å². The Bertz CT molecular complexity index is 2340. The number of carbonyl (C=O) groups is 2. The number of nitrogens with one attached hydrogen (secondary N) is 1. The summed E-state index contributed by atoms with van der Waals surface area (Å²) in [7, 11) is 0. The number of aliphatic imine (C=N–C) groups is 1. The fourth-order valence-electron chi connectivity index (χ4n) is 6.68. The van der Waals surface area contributed by atoms with Crippen LogP contribution >= 0.6 is 0 Å². The summed E-state index contributed by atoms with van der Waals surface area (Å²) in [5.41, 5.74) is 16.1. The van der Waals surface area contributed by atoms with Gasteiger partial charge >= 0.3 is 11.4 Å². The van der Waals surface area contributed by atoms with E-state index in [1.165, 1.54) is 14.3 Å². The molecule has 5 aromatic carbocycles. The molecule has 0 bridgehead atoms. The molecule has 57 heavy (non-hydrogen) atoms. The van der Waals surface area contributed by atoms with E-state index < -0.39 is 40.2 Å². The Balaban J connectivity index is 1.32. The van der Waals surface area contributed by atoms with Crippen LogP contribution in [0.15, 0.2) is 160 Å². The zero-order chi connectivity index (χ0) is 40.3. The minimum atomic E-state index is -1.08. The van der Waals surface area contributed by atoms with Crippen molar-refractivity contribution in [3.63, 3.8) is 0 Å². The van der Waals surface area contributed by atoms with Crippen molar-refractivity contribution in [1.29, 1.82) is 0 Å². The summed E-state index contributed by atoms with van der Waals surface area (Å²) in [6.07, 6.45) is 0.329. The van der Waals surface area contributed by atoms with Crippen molar-refractivity contribution in [1.82, 2.24) is 24.3 Å². The van der Waals surface area contributed by atoms with Crippen LogP contribution in [0, 0.1) is 10.1 Å². The van der Waals surface area contributed by atoms with Gasteiger partial charge in [-0.05, 0) is 59.4 Å². The molecule has 2 amide bonds. The van der Waals surface area contributed by atoms with Crippen LogP contribution in [0.2, 0.25) is 0 Å². The molecule has 290 valence electrons. The average molecular weight is 768 g/mol. The average Bonchev–Trinajstić information content (AvgIpc) is 3.46. The Morgan fingerprint density at radius 2 is 1.16 bits per heavy atom. The summed E-state index contributed by atoms with van der Waals surface area (Å²) in [6.45, 7) is -0.0101. The highest BCUT2D eigenvalue weighted by atomic mass is 16.7. The van der Waals surface area contributed by atoms with E-state index in [0.29, 0.717) is 22.5 Å². The fourth-order valence-corrected chi connectivity index (χ4v) is 6.68. The number of carbonyl (C=O) groups excluding carboxylic acids is 2. The van der Waals surface area contributed by atoms with Gasteiger partial charge in [0.05, 0.1) is 23.8 Å². The van der Waals surface area contributed by atoms with Crippen molar-refractivity contribution in [3.8, 4) is 11.4 Å². The Morgan fingerprint density at radius 1 is 0.702 bits per heavy atom. The normalized spacial score (nSPS) is 11.9. The molecule has 5 N–H and O–H groups in total. The monoisotopic (exact) mass is 767 g/mol. The fraction of sp³-hybridized carbons (Fsp3) is 0.167. The molecule has 1 atom stereocenters. The second-order valence-corrected chi connectivity index (χ2v) is 13.2. The first kappa shape index (κ1) is 39.2. The van der Waals surface area contributed by atoms with E-state index >= 15 is 0 Å². The third-order valence-corrected chi connectivity index (χ3v) is 9.37. The molecule has 15 heteroatoms. The number of aromatic nitrogens is 3. The van der Waals surface area contributed by atoms with Gasteiger partial charge < -0.3 is 16.4 Å². The van der Waals surface area contributed by atoms with Gasteiger partial charge in [-0.3, -0.25) is 9.59 Å². The Morgan fingerprint density at radius 3 is 1.61 bits per heavy atom. The second kappa shape index (κ2) is 18.2. The van der Waals surface area contributed by atoms with Gasteiger partial charge in [-0.15, -0.1) is 0 Å². The minimum absolute atomic E-state index is 0.0116. The van der Waals surface area contributed by atoms with E-state index in [1.807, 2.05) is 72.8 Å². The van der Waals surface area contributed by atoms with Gasteiger partial charge in [0.1, 0.15) is 6.04 Å². The van der Waals surface area contributed by atoms with E-state index in [9.17, 15) is 29.3 Å². The number of nitro groups is 1. The molecule has 15 nitrogen and oxygen atoms in total. The van der Waals surface area contributed by atoms with Crippen LogP contribution in [0.1, 0.15) is 41.0 Å². The number of guanidine groups is 1. The molecule has 0 saturated carbocycles. The lowest BCUT2D eigenvalue weighted by atomic mass is 9.89. The highest BCUT2D eigenvalue weighted by Gasteiger charge is 2.34. The topological polar surface area (TPSA) is 206 Å². The van der Waals surface area contributed by atoms with Crippen LogP contribution in [-0.2, 0) is 22.7 Å². The predicted molar refractivity (Wildman–Crippen MR) is 215 cm³/mol. The van der Waals surface area contributed by atoms with Crippen molar-refractivity contribution >= 4 is 17.8 Å². The molecule has 0 saturated heterocycles. The van der Waals surface area contributed by atoms with Crippen molar-refractivity contribution in [2.45, 2.75) is 37.9 Å². The van der Waals surface area contributed by atoms with Crippen molar-refractivity contribution in [2.75, 3.05) is 6.54 Å². The van der Waals surface area contributed by atoms with Crippen LogP contribution in [0.4, 0.5) is 0 Å². The van der Waals surface area contributed by atoms with Gasteiger partial charge in [-0.1, -0.05) is 127 Å². The summed E-state index contributed by atoms with van der Waals surface area (Å²) in [5, 5.41) is 9.91. The summed E-state index contributed by atoms with van der Waals surface area (Å²) < 4.78 is 3.84. The molecule has 0 radical (unpaired) electrons. The first-order chi connectivity index (χ1) is 27.6. The Kier molecular flexibility index (Phi) is 12.5. The van der Waals surface area contributed by atoms with E-state index in [0.717, 1.165) is 15.7 Å². The minimum Gasteiger partial charge on any atom is -0.368 e. The quantitative estimate of drug-likeness (QED) is 0.0434. The molecule has 1 aromatic heterocycles. The molecule has 0 aliphatic carbocycles. The SMILES string of the molecule is NC(=O)[C@H](CCCN=C(N)N[N+](=O)[O-])N(Cc1ccc(Cn2c(=O)n(-c3ccccc3)n(-c3ccccc3)c2=O)cc1)C(=O)C(c1ccccc1)c1ccccc1. The Hall–Kier alpha value is -7.55. The smallest absolute Gasteiger partial charge is 0.352 e. The number of primary amides is 1.